The fourth-order valence-corrected chi connectivity index (χ4v) is 0. The second-order valence-corrected chi connectivity index (χ2v) is 2.25. The second kappa shape index (κ2) is 3.82. The predicted molar refractivity (Wildman–Crippen MR) is 27.8 cm³/mol. The van der Waals surface area contributed by atoms with Crippen molar-refractivity contribution >= 4 is 39.7 Å². The minimum absolute atomic E-state index is 0. The van der Waals surface area contributed by atoms with Crippen LogP contribution >= 0.6 is 0 Å². The van der Waals surface area contributed by atoms with Crippen molar-refractivity contribution in [1.29, 1.82) is 0 Å². The molecule has 0 aliphatic rings. The number of hydrogen-bond acceptors (Lipinski definition) is 3. The molecular formula is CH6NNaO3S. The topological polar surface area (TPSA) is 80.4 Å². The van der Waals surface area contributed by atoms with Gasteiger partial charge in [-0.05, 0) is 0 Å². The van der Waals surface area contributed by atoms with Crippen LogP contribution in [0.3, 0.4) is 0 Å². The van der Waals surface area contributed by atoms with Crippen molar-refractivity contribution in [3.05, 3.63) is 0 Å². The van der Waals surface area contributed by atoms with E-state index in [1.54, 1.807) is 0 Å². The Hall–Kier alpha value is 0.870. The van der Waals surface area contributed by atoms with E-state index in [1.165, 1.54) is 0 Å². The molecule has 0 spiro atoms. The first-order valence-electron chi connectivity index (χ1n) is 1.21. The Kier molecular flexibility index (Phi) is 5.89. The van der Waals surface area contributed by atoms with Crippen molar-refractivity contribution in [3.63, 3.8) is 0 Å². The molecule has 0 atom stereocenters. The van der Waals surface area contributed by atoms with Crippen molar-refractivity contribution in [2.24, 2.45) is 5.73 Å². The van der Waals surface area contributed by atoms with Crippen LogP contribution in [0.15, 0.2) is 0 Å². The first-order valence-corrected chi connectivity index (χ1v) is 2.82. The number of hydrogen-bond donors (Lipinski definition) is 2. The van der Waals surface area contributed by atoms with Gasteiger partial charge in [0.05, 0.1) is 0 Å². The fraction of sp³-hybridized carbons (Fsp3) is 1.00. The molecule has 0 heterocycles. The number of rotatable bonds is 1. The summed E-state index contributed by atoms with van der Waals surface area (Å²) in [6.07, 6.45) is 0. The summed E-state index contributed by atoms with van der Waals surface area (Å²) in [4.78, 5) is 0. The Morgan fingerprint density at radius 3 is 1.71 bits per heavy atom. The molecule has 0 aromatic heterocycles. The molecule has 0 bridgehead atoms. The summed E-state index contributed by atoms with van der Waals surface area (Å²) in [6, 6.07) is 0. The van der Waals surface area contributed by atoms with E-state index >= 15 is 0 Å². The third-order valence-corrected chi connectivity index (χ3v) is 0.632. The van der Waals surface area contributed by atoms with E-state index in [1.807, 2.05) is 0 Å². The van der Waals surface area contributed by atoms with Gasteiger partial charge in [0.25, 0.3) is 10.1 Å². The molecule has 0 fully saturated rings. The van der Waals surface area contributed by atoms with Gasteiger partial charge >= 0.3 is 29.6 Å². The zero-order chi connectivity index (χ0) is 5.21. The quantitative estimate of drug-likeness (QED) is 0.326. The van der Waals surface area contributed by atoms with Crippen LogP contribution < -0.4 is 5.73 Å². The van der Waals surface area contributed by atoms with E-state index in [4.69, 9.17) is 4.55 Å². The maximum atomic E-state index is 9.43. The van der Waals surface area contributed by atoms with Crippen LogP contribution in [0.2, 0.25) is 0 Å². The molecule has 40 valence electrons. The summed E-state index contributed by atoms with van der Waals surface area (Å²) in [5.41, 5.74) is 4.47. The van der Waals surface area contributed by atoms with Gasteiger partial charge < -0.3 is 5.73 Å². The third-order valence-electron chi connectivity index (χ3n) is 0.211. The maximum absolute atomic E-state index is 9.43. The van der Waals surface area contributed by atoms with Crippen LogP contribution in [0.1, 0.15) is 0 Å². The van der Waals surface area contributed by atoms with Crippen molar-refractivity contribution in [1.82, 2.24) is 0 Å². The molecule has 4 nitrogen and oxygen atoms in total. The standard InChI is InChI=1S/CH5NO3S.Na.H/c2-1-6(3,4)5;;/h1-2H2,(H,3,4,5);;. The van der Waals surface area contributed by atoms with Gasteiger partial charge in [-0.1, -0.05) is 0 Å². The second-order valence-electron chi connectivity index (χ2n) is 0.749. The van der Waals surface area contributed by atoms with Crippen LogP contribution in [0, 0.1) is 0 Å². The van der Waals surface area contributed by atoms with Crippen LogP contribution in [0.25, 0.3) is 0 Å². The molecule has 0 amide bonds. The van der Waals surface area contributed by atoms with Crippen LogP contribution in [0.5, 0.6) is 0 Å². The third kappa shape index (κ3) is 10.9. The van der Waals surface area contributed by atoms with Crippen molar-refractivity contribution in [2.45, 2.75) is 0 Å². The molecule has 0 radical (unpaired) electrons. The zero-order valence-corrected chi connectivity index (χ0v) is 3.77. The van der Waals surface area contributed by atoms with Crippen LogP contribution in [-0.2, 0) is 10.1 Å². The summed E-state index contributed by atoms with van der Waals surface area (Å²) in [5.74, 6) is -0.701. The molecule has 0 aliphatic carbocycles. The Morgan fingerprint density at radius 2 is 1.71 bits per heavy atom. The SMILES string of the molecule is NCS(=O)(=O)O.[NaH]. The summed E-state index contributed by atoms with van der Waals surface area (Å²) in [7, 11) is -3.88. The zero-order valence-electron chi connectivity index (χ0n) is 2.96. The Bertz CT molecular complexity index is 117. The van der Waals surface area contributed by atoms with Gasteiger partial charge in [0, 0.05) is 0 Å². The molecule has 6 heteroatoms. The van der Waals surface area contributed by atoms with Gasteiger partial charge in [0.2, 0.25) is 0 Å². The van der Waals surface area contributed by atoms with E-state index < -0.39 is 16.0 Å². The van der Waals surface area contributed by atoms with Gasteiger partial charge in [-0.3, -0.25) is 4.55 Å². The average molecular weight is 135 g/mol. The molecule has 0 rings (SSSR count). The van der Waals surface area contributed by atoms with E-state index in [0.717, 1.165) is 0 Å². The van der Waals surface area contributed by atoms with Gasteiger partial charge in [0.1, 0.15) is 5.88 Å². The molecule has 0 unspecified atom stereocenters. The fourth-order valence-electron chi connectivity index (χ4n) is 0. The van der Waals surface area contributed by atoms with Crippen LogP contribution in [-0.4, -0.2) is 48.4 Å². The summed E-state index contributed by atoms with van der Waals surface area (Å²) in [5, 5.41) is 0. The first kappa shape index (κ1) is 10.8. The molecule has 0 aromatic rings. The molecule has 3 N–H and O–H groups in total. The summed E-state index contributed by atoms with van der Waals surface area (Å²) in [6.45, 7) is 0. The van der Waals surface area contributed by atoms with E-state index in [-0.39, 0.29) is 29.6 Å². The van der Waals surface area contributed by atoms with E-state index in [9.17, 15) is 8.42 Å². The molecule has 0 aliphatic heterocycles. The Labute approximate surface area is 64.1 Å². The monoisotopic (exact) mass is 135 g/mol. The number of nitrogens with two attached hydrogens (primary N) is 1. The van der Waals surface area contributed by atoms with Crippen molar-refractivity contribution in [2.75, 3.05) is 5.88 Å². The summed E-state index contributed by atoms with van der Waals surface area (Å²) < 4.78 is 26.5. The first-order chi connectivity index (χ1) is 2.56. The average Bonchev–Trinajstić information content (AvgIpc) is 1.35. The molecule has 0 saturated heterocycles. The van der Waals surface area contributed by atoms with Crippen molar-refractivity contribution < 1.29 is 13.0 Å². The molecular weight excluding hydrogens is 129 g/mol. The molecule has 0 aromatic carbocycles. The van der Waals surface area contributed by atoms with Gasteiger partial charge in [0.15, 0.2) is 0 Å². The van der Waals surface area contributed by atoms with E-state index in [2.05, 4.69) is 5.73 Å². The Balaban J connectivity index is 0. The minimum atomic E-state index is -3.88. The van der Waals surface area contributed by atoms with Gasteiger partial charge in [-0.25, -0.2) is 0 Å². The predicted octanol–water partition coefficient (Wildman–Crippen LogP) is -1.86. The van der Waals surface area contributed by atoms with Crippen molar-refractivity contribution in [3.8, 4) is 0 Å². The molecule has 0 saturated carbocycles. The van der Waals surface area contributed by atoms with Gasteiger partial charge in [-0.2, -0.15) is 8.42 Å². The Morgan fingerprint density at radius 1 is 1.57 bits per heavy atom. The van der Waals surface area contributed by atoms with Crippen LogP contribution in [0.4, 0.5) is 0 Å². The summed E-state index contributed by atoms with van der Waals surface area (Å²) >= 11 is 0. The normalized spacial score (nSPS) is 10.0. The van der Waals surface area contributed by atoms with E-state index in [0.29, 0.717) is 0 Å². The molecule has 7 heavy (non-hydrogen) atoms. The van der Waals surface area contributed by atoms with Gasteiger partial charge in [-0.15, -0.1) is 0 Å².